The van der Waals surface area contributed by atoms with Crippen molar-refractivity contribution < 1.29 is 0 Å². The van der Waals surface area contributed by atoms with E-state index in [1.54, 1.807) is 0 Å². The van der Waals surface area contributed by atoms with Crippen LogP contribution in [0.3, 0.4) is 0 Å². The highest BCUT2D eigenvalue weighted by Crippen LogP contribution is 2.14. The van der Waals surface area contributed by atoms with E-state index in [0.717, 1.165) is 17.4 Å². The molecule has 0 aliphatic heterocycles. The largest absolute Gasteiger partial charge is 0.393 e. The van der Waals surface area contributed by atoms with Crippen LogP contribution in [-0.2, 0) is 6.54 Å². The number of rotatable bonds is 5. The first-order valence-electron chi connectivity index (χ1n) is 5.22. The average Bonchev–Trinajstić information content (AvgIpc) is 2.16. The molecule has 0 aliphatic carbocycles. The van der Waals surface area contributed by atoms with Crippen LogP contribution in [0.15, 0.2) is 28.7 Å². The van der Waals surface area contributed by atoms with Gasteiger partial charge < -0.3 is 5.73 Å². The van der Waals surface area contributed by atoms with E-state index in [1.165, 1.54) is 5.56 Å². The van der Waals surface area contributed by atoms with Crippen molar-refractivity contribution in [2.75, 3.05) is 7.05 Å². The van der Waals surface area contributed by atoms with Crippen LogP contribution in [0.5, 0.6) is 0 Å². The predicted octanol–water partition coefficient (Wildman–Crippen LogP) is 2.95. The number of hydrogen-bond donors (Lipinski definition) is 1. The standard InChI is InChI=1S/C12H17BrN2S/c1-9(6-12(14)16)15(2)8-10-4-3-5-11(13)7-10/h3-5,7,9H,6,8H2,1-2H3,(H2,14,16). The van der Waals surface area contributed by atoms with E-state index < -0.39 is 0 Å². The van der Waals surface area contributed by atoms with E-state index >= 15 is 0 Å². The molecule has 1 aromatic rings. The number of halogens is 1. The summed E-state index contributed by atoms with van der Waals surface area (Å²) in [7, 11) is 2.09. The summed E-state index contributed by atoms with van der Waals surface area (Å²) in [5, 5.41) is 0. The summed E-state index contributed by atoms with van der Waals surface area (Å²) >= 11 is 8.39. The van der Waals surface area contributed by atoms with Gasteiger partial charge in [-0.05, 0) is 31.7 Å². The zero-order valence-corrected chi connectivity index (χ0v) is 12.0. The third-order valence-corrected chi connectivity index (χ3v) is 3.23. The van der Waals surface area contributed by atoms with Crippen LogP contribution in [0, 0.1) is 0 Å². The summed E-state index contributed by atoms with van der Waals surface area (Å²) in [5.74, 6) is 0. The van der Waals surface area contributed by atoms with Crippen LogP contribution in [0.2, 0.25) is 0 Å². The molecular weight excluding hydrogens is 284 g/mol. The number of nitrogens with zero attached hydrogens (tertiary/aromatic N) is 1. The monoisotopic (exact) mass is 300 g/mol. The second kappa shape index (κ2) is 6.33. The molecule has 0 aliphatic rings. The average molecular weight is 301 g/mol. The zero-order valence-electron chi connectivity index (χ0n) is 9.61. The molecule has 1 rings (SSSR count). The smallest absolute Gasteiger partial charge is 0.0742 e. The molecule has 16 heavy (non-hydrogen) atoms. The molecule has 1 aromatic carbocycles. The maximum absolute atomic E-state index is 5.55. The van der Waals surface area contributed by atoms with E-state index in [1.807, 2.05) is 12.1 Å². The highest BCUT2D eigenvalue weighted by Gasteiger charge is 2.10. The Morgan fingerprint density at radius 3 is 2.81 bits per heavy atom. The minimum atomic E-state index is 0.372. The first kappa shape index (κ1) is 13.6. The summed E-state index contributed by atoms with van der Waals surface area (Å²) in [4.78, 5) is 2.83. The van der Waals surface area contributed by atoms with Crippen molar-refractivity contribution in [2.45, 2.75) is 25.9 Å². The number of benzene rings is 1. The lowest BCUT2D eigenvalue weighted by molar-refractivity contribution is 0.255. The normalized spacial score (nSPS) is 12.8. The Morgan fingerprint density at radius 1 is 1.56 bits per heavy atom. The third-order valence-electron chi connectivity index (χ3n) is 2.57. The molecule has 0 bridgehead atoms. The van der Waals surface area contributed by atoms with Gasteiger partial charge in [0, 0.05) is 23.5 Å². The van der Waals surface area contributed by atoms with Gasteiger partial charge >= 0.3 is 0 Å². The molecule has 0 saturated heterocycles. The predicted molar refractivity (Wildman–Crippen MR) is 76.5 cm³/mol. The lowest BCUT2D eigenvalue weighted by atomic mass is 10.1. The van der Waals surface area contributed by atoms with Crippen molar-refractivity contribution in [3.8, 4) is 0 Å². The highest BCUT2D eigenvalue weighted by atomic mass is 79.9. The molecule has 88 valence electrons. The number of hydrogen-bond acceptors (Lipinski definition) is 2. The molecule has 0 spiro atoms. The Labute approximate surface area is 111 Å². The van der Waals surface area contributed by atoms with E-state index in [0.29, 0.717) is 11.0 Å². The van der Waals surface area contributed by atoms with Gasteiger partial charge in [-0.25, -0.2) is 0 Å². The summed E-state index contributed by atoms with van der Waals surface area (Å²) in [5.41, 5.74) is 6.83. The van der Waals surface area contributed by atoms with E-state index in [4.69, 9.17) is 18.0 Å². The molecule has 0 radical (unpaired) electrons. The topological polar surface area (TPSA) is 29.3 Å². The molecular formula is C12H17BrN2S. The first-order chi connectivity index (χ1) is 7.49. The van der Waals surface area contributed by atoms with Crippen LogP contribution in [-0.4, -0.2) is 23.0 Å². The van der Waals surface area contributed by atoms with Gasteiger partial charge in [0.1, 0.15) is 0 Å². The SMILES string of the molecule is CC(CC(N)=S)N(C)Cc1cccc(Br)c1. The quantitative estimate of drug-likeness (QED) is 0.848. The molecule has 2 N–H and O–H groups in total. The Bertz CT molecular complexity index is 368. The molecule has 1 atom stereocenters. The molecule has 0 heterocycles. The fourth-order valence-electron chi connectivity index (χ4n) is 1.53. The lowest BCUT2D eigenvalue weighted by Gasteiger charge is -2.24. The maximum Gasteiger partial charge on any atom is 0.0742 e. The number of thiocarbonyl (C=S) groups is 1. The summed E-state index contributed by atoms with van der Waals surface area (Å²) in [6.07, 6.45) is 0.764. The van der Waals surface area contributed by atoms with Gasteiger partial charge in [0.15, 0.2) is 0 Å². The van der Waals surface area contributed by atoms with Crippen LogP contribution in [0.4, 0.5) is 0 Å². The van der Waals surface area contributed by atoms with Gasteiger partial charge in [-0.1, -0.05) is 40.3 Å². The Kier molecular flexibility index (Phi) is 5.38. The van der Waals surface area contributed by atoms with E-state index in [2.05, 4.69) is 46.9 Å². The van der Waals surface area contributed by atoms with Crippen LogP contribution in [0.1, 0.15) is 18.9 Å². The Balaban J connectivity index is 2.56. The molecule has 0 fully saturated rings. The van der Waals surface area contributed by atoms with E-state index in [9.17, 15) is 0 Å². The third kappa shape index (κ3) is 4.60. The van der Waals surface area contributed by atoms with Crippen molar-refractivity contribution in [3.05, 3.63) is 34.3 Å². The molecule has 4 heteroatoms. The highest BCUT2D eigenvalue weighted by molar-refractivity contribution is 9.10. The van der Waals surface area contributed by atoms with Gasteiger partial charge in [-0.15, -0.1) is 0 Å². The maximum atomic E-state index is 5.55. The van der Waals surface area contributed by atoms with E-state index in [-0.39, 0.29) is 0 Å². The molecule has 0 saturated carbocycles. The fourth-order valence-corrected chi connectivity index (χ4v) is 2.21. The lowest BCUT2D eigenvalue weighted by Crippen LogP contribution is -2.32. The number of nitrogens with two attached hydrogens (primary N) is 1. The fraction of sp³-hybridized carbons (Fsp3) is 0.417. The summed E-state index contributed by atoms with van der Waals surface area (Å²) in [6, 6.07) is 8.70. The van der Waals surface area contributed by atoms with Crippen molar-refractivity contribution in [1.82, 2.24) is 4.90 Å². The van der Waals surface area contributed by atoms with Gasteiger partial charge in [0.2, 0.25) is 0 Å². The summed E-state index contributed by atoms with van der Waals surface area (Å²) < 4.78 is 1.11. The Morgan fingerprint density at radius 2 is 2.25 bits per heavy atom. The van der Waals surface area contributed by atoms with Crippen molar-refractivity contribution in [1.29, 1.82) is 0 Å². The second-order valence-electron chi connectivity index (χ2n) is 4.06. The van der Waals surface area contributed by atoms with Crippen molar-refractivity contribution in [2.24, 2.45) is 5.73 Å². The molecule has 1 unspecified atom stereocenters. The van der Waals surface area contributed by atoms with Gasteiger partial charge in [0.05, 0.1) is 4.99 Å². The first-order valence-corrected chi connectivity index (χ1v) is 6.42. The molecule has 2 nitrogen and oxygen atoms in total. The molecule has 0 aromatic heterocycles. The minimum Gasteiger partial charge on any atom is -0.393 e. The van der Waals surface area contributed by atoms with Crippen LogP contribution in [0.25, 0.3) is 0 Å². The second-order valence-corrected chi connectivity index (χ2v) is 5.50. The summed E-state index contributed by atoms with van der Waals surface area (Å²) in [6.45, 7) is 3.04. The zero-order chi connectivity index (χ0) is 12.1. The van der Waals surface area contributed by atoms with Crippen LogP contribution >= 0.6 is 28.1 Å². The van der Waals surface area contributed by atoms with Gasteiger partial charge in [0.25, 0.3) is 0 Å². The van der Waals surface area contributed by atoms with Crippen LogP contribution < -0.4 is 5.73 Å². The van der Waals surface area contributed by atoms with Gasteiger partial charge in [-0.2, -0.15) is 0 Å². The Hall–Kier alpha value is -0.450. The molecule has 0 amide bonds. The van der Waals surface area contributed by atoms with Crippen molar-refractivity contribution in [3.63, 3.8) is 0 Å². The van der Waals surface area contributed by atoms with Gasteiger partial charge in [-0.3, -0.25) is 4.90 Å². The minimum absolute atomic E-state index is 0.372. The van der Waals surface area contributed by atoms with Crippen molar-refractivity contribution >= 4 is 33.1 Å².